The van der Waals surface area contributed by atoms with Gasteiger partial charge >= 0.3 is 0 Å². The van der Waals surface area contributed by atoms with Crippen molar-refractivity contribution in [1.82, 2.24) is 15.1 Å². The lowest BCUT2D eigenvalue weighted by Gasteiger charge is -2.51. The van der Waals surface area contributed by atoms with E-state index in [0.717, 1.165) is 25.9 Å². The van der Waals surface area contributed by atoms with E-state index in [9.17, 15) is 0 Å². The SMILES string of the molecule is CCCn1nccc1CNC1CC(OC)C1(C)C. The molecule has 0 radical (unpaired) electrons. The third-order valence-electron chi connectivity index (χ3n) is 4.23. The van der Waals surface area contributed by atoms with Gasteiger partial charge in [0.15, 0.2) is 0 Å². The highest BCUT2D eigenvalue weighted by Gasteiger charge is 2.48. The molecule has 0 spiro atoms. The van der Waals surface area contributed by atoms with Crippen LogP contribution in [0.4, 0.5) is 0 Å². The van der Waals surface area contributed by atoms with E-state index in [1.165, 1.54) is 5.69 Å². The first-order valence-electron chi connectivity index (χ1n) is 6.86. The minimum atomic E-state index is 0.227. The molecule has 1 saturated carbocycles. The fourth-order valence-electron chi connectivity index (χ4n) is 2.78. The van der Waals surface area contributed by atoms with Crippen molar-refractivity contribution in [1.29, 1.82) is 0 Å². The fourth-order valence-corrected chi connectivity index (χ4v) is 2.78. The Morgan fingerprint density at radius 3 is 2.94 bits per heavy atom. The van der Waals surface area contributed by atoms with E-state index in [0.29, 0.717) is 12.1 Å². The van der Waals surface area contributed by atoms with Crippen molar-refractivity contribution in [2.75, 3.05) is 7.11 Å². The number of nitrogens with one attached hydrogen (secondary N) is 1. The van der Waals surface area contributed by atoms with E-state index in [2.05, 4.69) is 41.9 Å². The highest BCUT2D eigenvalue weighted by atomic mass is 16.5. The van der Waals surface area contributed by atoms with Gasteiger partial charge in [0.1, 0.15) is 0 Å². The van der Waals surface area contributed by atoms with Gasteiger partial charge in [-0.05, 0) is 18.9 Å². The maximum atomic E-state index is 5.47. The molecule has 1 aromatic heterocycles. The quantitative estimate of drug-likeness (QED) is 0.842. The van der Waals surface area contributed by atoms with Gasteiger partial charge in [-0.1, -0.05) is 20.8 Å². The molecule has 1 fully saturated rings. The summed E-state index contributed by atoms with van der Waals surface area (Å²) in [5, 5.41) is 7.98. The molecule has 18 heavy (non-hydrogen) atoms. The van der Waals surface area contributed by atoms with Crippen LogP contribution in [0.2, 0.25) is 0 Å². The van der Waals surface area contributed by atoms with Gasteiger partial charge in [-0.25, -0.2) is 0 Å². The van der Waals surface area contributed by atoms with Crippen LogP contribution >= 0.6 is 0 Å². The number of methoxy groups -OCH3 is 1. The summed E-state index contributed by atoms with van der Waals surface area (Å²) < 4.78 is 7.56. The van der Waals surface area contributed by atoms with Gasteiger partial charge in [-0.3, -0.25) is 4.68 Å². The van der Waals surface area contributed by atoms with E-state index in [4.69, 9.17) is 4.74 Å². The van der Waals surface area contributed by atoms with E-state index < -0.39 is 0 Å². The molecular formula is C14H25N3O. The number of nitrogens with zero attached hydrogens (tertiary/aromatic N) is 2. The molecule has 1 aromatic rings. The van der Waals surface area contributed by atoms with Crippen LogP contribution in [0.15, 0.2) is 12.3 Å². The average molecular weight is 251 g/mol. The summed E-state index contributed by atoms with van der Waals surface area (Å²) in [4.78, 5) is 0. The molecule has 2 rings (SSSR count). The van der Waals surface area contributed by atoms with Gasteiger partial charge in [-0.2, -0.15) is 5.10 Å². The molecular weight excluding hydrogens is 226 g/mol. The standard InChI is InChI=1S/C14H25N3O/c1-5-8-17-11(6-7-16-17)10-15-12-9-13(18-4)14(12,2)3/h6-7,12-13,15H,5,8-10H2,1-4H3. The maximum Gasteiger partial charge on any atom is 0.0652 e. The largest absolute Gasteiger partial charge is 0.381 e. The summed E-state index contributed by atoms with van der Waals surface area (Å²) in [5.74, 6) is 0. The molecule has 0 amide bonds. The Balaban J connectivity index is 1.87. The summed E-state index contributed by atoms with van der Waals surface area (Å²) in [5.41, 5.74) is 1.50. The molecule has 4 heteroatoms. The van der Waals surface area contributed by atoms with Crippen LogP contribution in [-0.4, -0.2) is 29.0 Å². The summed E-state index contributed by atoms with van der Waals surface area (Å²) in [6, 6.07) is 2.63. The third-order valence-corrected chi connectivity index (χ3v) is 4.23. The Kier molecular flexibility index (Phi) is 4.07. The highest BCUT2D eigenvalue weighted by molar-refractivity contribution is 5.06. The first kappa shape index (κ1) is 13.6. The summed E-state index contributed by atoms with van der Waals surface area (Å²) in [6.45, 7) is 8.61. The molecule has 1 N–H and O–H groups in total. The monoisotopic (exact) mass is 251 g/mol. The Labute approximate surface area is 110 Å². The van der Waals surface area contributed by atoms with E-state index in [-0.39, 0.29) is 5.41 Å². The molecule has 1 heterocycles. The van der Waals surface area contributed by atoms with Crippen LogP contribution in [0.5, 0.6) is 0 Å². The number of rotatable bonds is 6. The maximum absolute atomic E-state index is 5.47. The van der Waals surface area contributed by atoms with Gasteiger partial charge < -0.3 is 10.1 Å². The first-order valence-corrected chi connectivity index (χ1v) is 6.86. The molecule has 4 nitrogen and oxygen atoms in total. The smallest absolute Gasteiger partial charge is 0.0652 e. The van der Waals surface area contributed by atoms with Crippen molar-refractivity contribution in [2.45, 2.75) is 58.8 Å². The number of ether oxygens (including phenoxy) is 1. The van der Waals surface area contributed by atoms with Crippen LogP contribution in [-0.2, 0) is 17.8 Å². The van der Waals surface area contributed by atoms with Crippen LogP contribution < -0.4 is 5.32 Å². The first-order chi connectivity index (χ1) is 8.59. The number of hydrogen-bond acceptors (Lipinski definition) is 3. The molecule has 2 unspecified atom stereocenters. The topological polar surface area (TPSA) is 39.1 Å². The molecule has 0 bridgehead atoms. The summed E-state index contributed by atoms with van der Waals surface area (Å²) in [6.07, 6.45) is 4.49. The molecule has 0 aliphatic heterocycles. The average Bonchev–Trinajstić information content (AvgIpc) is 2.76. The van der Waals surface area contributed by atoms with Gasteiger partial charge in [-0.15, -0.1) is 0 Å². The van der Waals surface area contributed by atoms with Gasteiger partial charge in [0, 0.05) is 37.9 Å². The normalized spacial score (nSPS) is 26.0. The Morgan fingerprint density at radius 1 is 1.56 bits per heavy atom. The zero-order valence-electron chi connectivity index (χ0n) is 11.9. The van der Waals surface area contributed by atoms with E-state index >= 15 is 0 Å². The Bertz CT molecular complexity index is 386. The number of aryl methyl sites for hydroxylation is 1. The Hall–Kier alpha value is -0.870. The minimum Gasteiger partial charge on any atom is -0.381 e. The van der Waals surface area contributed by atoms with E-state index in [1.807, 2.05) is 6.20 Å². The molecule has 0 aromatic carbocycles. The highest BCUT2D eigenvalue weighted by Crippen LogP contribution is 2.42. The van der Waals surface area contributed by atoms with Crippen molar-refractivity contribution in [2.24, 2.45) is 5.41 Å². The molecule has 102 valence electrons. The van der Waals surface area contributed by atoms with Crippen molar-refractivity contribution < 1.29 is 4.74 Å². The van der Waals surface area contributed by atoms with Crippen LogP contribution in [0.3, 0.4) is 0 Å². The van der Waals surface area contributed by atoms with Gasteiger partial charge in [0.05, 0.1) is 11.8 Å². The second-order valence-electron chi connectivity index (χ2n) is 5.76. The van der Waals surface area contributed by atoms with Crippen molar-refractivity contribution in [3.63, 3.8) is 0 Å². The van der Waals surface area contributed by atoms with Crippen LogP contribution in [0.25, 0.3) is 0 Å². The summed E-state index contributed by atoms with van der Waals surface area (Å²) in [7, 11) is 1.80. The number of aromatic nitrogens is 2. The van der Waals surface area contributed by atoms with Crippen molar-refractivity contribution >= 4 is 0 Å². The molecule has 2 atom stereocenters. The molecule has 1 aliphatic rings. The second-order valence-corrected chi connectivity index (χ2v) is 5.76. The van der Waals surface area contributed by atoms with Crippen LogP contribution in [0, 0.1) is 5.41 Å². The third kappa shape index (κ3) is 2.45. The zero-order chi connectivity index (χ0) is 13.2. The summed E-state index contributed by atoms with van der Waals surface area (Å²) >= 11 is 0. The second kappa shape index (κ2) is 5.41. The lowest BCUT2D eigenvalue weighted by molar-refractivity contribution is -0.0980. The van der Waals surface area contributed by atoms with Gasteiger partial charge in [0.25, 0.3) is 0 Å². The van der Waals surface area contributed by atoms with Crippen LogP contribution in [0.1, 0.15) is 39.3 Å². The lowest BCUT2D eigenvalue weighted by Crippen LogP contribution is -2.60. The van der Waals surface area contributed by atoms with Crippen molar-refractivity contribution in [3.8, 4) is 0 Å². The number of hydrogen-bond donors (Lipinski definition) is 1. The Morgan fingerprint density at radius 2 is 2.33 bits per heavy atom. The zero-order valence-corrected chi connectivity index (χ0v) is 11.9. The van der Waals surface area contributed by atoms with Gasteiger partial charge in [0.2, 0.25) is 0 Å². The predicted octanol–water partition coefficient (Wildman–Crippen LogP) is 2.20. The minimum absolute atomic E-state index is 0.227. The predicted molar refractivity (Wildman–Crippen MR) is 72.3 cm³/mol. The van der Waals surface area contributed by atoms with E-state index in [1.54, 1.807) is 7.11 Å². The molecule has 1 aliphatic carbocycles. The van der Waals surface area contributed by atoms with Crippen molar-refractivity contribution in [3.05, 3.63) is 18.0 Å². The fraction of sp³-hybridized carbons (Fsp3) is 0.786. The lowest BCUT2D eigenvalue weighted by atomic mass is 9.64. The molecule has 0 saturated heterocycles.